The molecule has 0 bridgehead atoms. The fourth-order valence-corrected chi connectivity index (χ4v) is 5.94. The molecule has 0 aliphatic rings. The number of benzene rings is 4. The summed E-state index contributed by atoms with van der Waals surface area (Å²) in [5.74, 6) is 0.573. The molecule has 0 amide bonds. The second-order valence-corrected chi connectivity index (χ2v) is 11.5. The van der Waals surface area contributed by atoms with Crippen LogP contribution in [0, 0.1) is 0 Å². The molecule has 36 heavy (non-hydrogen) atoms. The Morgan fingerprint density at radius 3 is 1.58 bits per heavy atom. The summed E-state index contributed by atoms with van der Waals surface area (Å²) >= 11 is 0. The number of alkyl halides is 3. The van der Waals surface area contributed by atoms with Crippen LogP contribution >= 0.6 is 0 Å². The average molecular weight is 531 g/mol. The number of halogens is 3. The molecular formula is C28H25F3O3S2. The Morgan fingerprint density at radius 2 is 1.17 bits per heavy atom. The van der Waals surface area contributed by atoms with E-state index in [1.54, 1.807) is 0 Å². The Bertz CT molecular complexity index is 1320. The lowest BCUT2D eigenvalue weighted by Crippen LogP contribution is -2.07. The van der Waals surface area contributed by atoms with E-state index in [2.05, 4.69) is 98.8 Å². The molecule has 0 saturated carbocycles. The zero-order valence-electron chi connectivity index (χ0n) is 19.6. The minimum absolute atomic E-state index is 0.0361. The fraction of sp³-hybridized carbons (Fsp3) is 0.143. The van der Waals surface area contributed by atoms with Gasteiger partial charge in [-0.1, -0.05) is 68.4 Å². The monoisotopic (exact) mass is 530 g/mol. The van der Waals surface area contributed by atoms with E-state index in [0.29, 0.717) is 18.1 Å². The quantitative estimate of drug-likeness (QED) is 0.198. The molecule has 0 atom stereocenters. The van der Waals surface area contributed by atoms with Gasteiger partial charge in [0.05, 0.1) is 21.4 Å². The molecule has 0 spiro atoms. The predicted molar refractivity (Wildman–Crippen MR) is 135 cm³/mol. The highest BCUT2D eigenvalue weighted by Gasteiger charge is 2.31. The molecule has 0 heterocycles. The topological polar surface area (TPSA) is 57.2 Å². The van der Waals surface area contributed by atoms with Crippen LogP contribution in [-0.4, -0.2) is 13.0 Å². The first kappa shape index (κ1) is 27.5. The second-order valence-electron chi connectivity index (χ2n) is 8.14. The van der Waals surface area contributed by atoms with Crippen molar-refractivity contribution >= 4 is 21.0 Å². The first-order valence-corrected chi connectivity index (χ1v) is 13.7. The van der Waals surface area contributed by atoms with E-state index in [1.165, 1.54) is 20.2 Å². The van der Waals surface area contributed by atoms with Crippen molar-refractivity contribution in [1.82, 2.24) is 0 Å². The largest absolute Gasteiger partial charge is 0.744 e. The van der Waals surface area contributed by atoms with Gasteiger partial charge in [-0.3, -0.25) is 0 Å². The normalized spacial score (nSPS) is 11.8. The summed E-state index contributed by atoms with van der Waals surface area (Å²) in [6.07, 6.45) is -4.65. The van der Waals surface area contributed by atoms with Crippen LogP contribution in [0.2, 0.25) is 0 Å². The van der Waals surface area contributed by atoms with Gasteiger partial charge in [-0.05, 0) is 66.1 Å². The van der Waals surface area contributed by atoms with E-state index in [-0.39, 0.29) is 10.9 Å². The smallest absolute Gasteiger partial charge is 0.416 e. The number of hydrogen-bond donors (Lipinski definition) is 0. The summed E-state index contributed by atoms with van der Waals surface area (Å²) in [7, 11) is -4.87. The summed E-state index contributed by atoms with van der Waals surface area (Å²) in [6, 6.07) is 33.4. The summed E-state index contributed by atoms with van der Waals surface area (Å²) in [5.41, 5.74) is 0.239. The van der Waals surface area contributed by atoms with Gasteiger partial charge in [0.25, 0.3) is 0 Å². The lowest BCUT2D eigenvalue weighted by molar-refractivity contribution is -0.137. The van der Waals surface area contributed by atoms with Crippen LogP contribution in [0.5, 0.6) is 0 Å². The Balaban J connectivity index is 0.000000223. The Kier molecular flexibility index (Phi) is 9.00. The van der Waals surface area contributed by atoms with Gasteiger partial charge >= 0.3 is 6.18 Å². The molecule has 0 saturated heterocycles. The van der Waals surface area contributed by atoms with Crippen molar-refractivity contribution in [2.75, 3.05) is 0 Å². The molecule has 4 rings (SSSR count). The maximum absolute atomic E-state index is 12.1. The lowest BCUT2D eigenvalue weighted by atomic mass is 10.0. The predicted octanol–water partition coefficient (Wildman–Crippen LogP) is 7.51. The number of hydrogen-bond acceptors (Lipinski definition) is 3. The van der Waals surface area contributed by atoms with E-state index in [0.717, 1.165) is 12.1 Å². The van der Waals surface area contributed by atoms with Gasteiger partial charge in [0, 0.05) is 0 Å². The van der Waals surface area contributed by atoms with Crippen LogP contribution in [-0.2, 0) is 27.2 Å². The van der Waals surface area contributed by atoms with Gasteiger partial charge in [0.15, 0.2) is 14.7 Å². The summed E-state index contributed by atoms with van der Waals surface area (Å²) in [5, 5.41) is 0. The molecule has 0 fully saturated rings. The van der Waals surface area contributed by atoms with Crippen LogP contribution in [0.1, 0.15) is 30.9 Å². The third kappa shape index (κ3) is 7.46. The first-order chi connectivity index (χ1) is 17.0. The second kappa shape index (κ2) is 11.8. The van der Waals surface area contributed by atoms with Crippen molar-refractivity contribution in [3.8, 4) is 0 Å². The molecule has 0 aromatic heterocycles. The highest BCUT2D eigenvalue weighted by atomic mass is 32.2. The minimum atomic E-state index is -4.84. The third-order valence-corrected chi connectivity index (χ3v) is 8.25. The Morgan fingerprint density at radius 1 is 0.694 bits per heavy atom. The molecular weight excluding hydrogens is 505 g/mol. The van der Waals surface area contributed by atoms with Gasteiger partial charge in [-0.25, -0.2) is 8.42 Å². The van der Waals surface area contributed by atoms with Crippen molar-refractivity contribution in [2.24, 2.45) is 0 Å². The summed E-state index contributed by atoms with van der Waals surface area (Å²) in [6.45, 7) is 4.48. The van der Waals surface area contributed by atoms with Crippen molar-refractivity contribution in [3.05, 3.63) is 120 Å². The zero-order valence-corrected chi connectivity index (χ0v) is 21.3. The van der Waals surface area contributed by atoms with E-state index in [1.807, 2.05) is 0 Å². The van der Waals surface area contributed by atoms with Crippen molar-refractivity contribution in [3.63, 3.8) is 0 Å². The van der Waals surface area contributed by atoms with Crippen LogP contribution in [0.3, 0.4) is 0 Å². The van der Waals surface area contributed by atoms with E-state index >= 15 is 0 Å². The van der Waals surface area contributed by atoms with Crippen LogP contribution in [0.4, 0.5) is 13.2 Å². The molecule has 4 aromatic rings. The highest BCUT2D eigenvalue weighted by molar-refractivity contribution is 7.97. The Hall–Kier alpha value is -3.07. The molecule has 0 unspecified atom stereocenters. The van der Waals surface area contributed by atoms with Gasteiger partial charge in [-0.15, -0.1) is 0 Å². The minimum Gasteiger partial charge on any atom is -0.744 e. The van der Waals surface area contributed by atoms with Crippen molar-refractivity contribution < 1.29 is 26.1 Å². The van der Waals surface area contributed by atoms with Gasteiger partial charge < -0.3 is 4.55 Å². The van der Waals surface area contributed by atoms with E-state index < -0.39 is 26.8 Å². The lowest BCUT2D eigenvalue weighted by Gasteiger charge is -2.10. The standard InChI is InChI=1S/C21H21S.C7H5F3O3S/c1-17(2)18-13-15-21(16-14-18)22(19-9-5-3-6-10-19)20-11-7-4-8-12-20;8-7(9,10)5-2-1-3-6(4-5)14(11,12)13/h3-17H,1-2H3;1-4H,(H,11,12,13)/q+1;/p-1. The van der Waals surface area contributed by atoms with E-state index in [4.69, 9.17) is 0 Å². The molecule has 188 valence electrons. The fourth-order valence-electron chi connectivity index (χ4n) is 3.34. The van der Waals surface area contributed by atoms with Crippen molar-refractivity contribution in [1.29, 1.82) is 0 Å². The Labute approximate surface area is 212 Å². The molecule has 3 nitrogen and oxygen atoms in total. The van der Waals surface area contributed by atoms with Gasteiger partial charge in [0.1, 0.15) is 10.1 Å². The maximum atomic E-state index is 12.1. The van der Waals surface area contributed by atoms with Crippen LogP contribution < -0.4 is 0 Å². The first-order valence-electron chi connectivity index (χ1n) is 11.0. The maximum Gasteiger partial charge on any atom is 0.416 e. The van der Waals surface area contributed by atoms with Gasteiger partial charge in [-0.2, -0.15) is 13.2 Å². The third-order valence-electron chi connectivity index (χ3n) is 5.19. The zero-order chi connectivity index (χ0) is 26.3. The van der Waals surface area contributed by atoms with Gasteiger partial charge in [0.2, 0.25) is 0 Å². The molecule has 0 N–H and O–H groups in total. The molecule has 4 aromatic carbocycles. The average Bonchev–Trinajstić information content (AvgIpc) is 2.85. The molecule has 0 aliphatic heterocycles. The summed E-state index contributed by atoms with van der Waals surface area (Å²) < 4.78 is 67.3. The molecule has 0 aliphatic carbocycles. The van der Waals surface area contributed by atoms with Crippen LogP contribution in [0.25, 0.3) is 0 Å². The molecule has 0 radical (unpaired) electrons. The van der Waals surface area contributed by atoms with E-state index in [9.17, 15) is 26.1 Å². The number of rotatable bonds is 5. The van der Waals surface area contributed by atoms with Crippen LogP contribution in [0.15, 0.2) is 129 Å². The molecule has 8 heteroatoms. The summed E-state index contributed by atoms with van der Waals surface area (Å²) in [4.78, 5) is 3.23. The van der Waals surface area contributed by atoms with Crippen molar-refractivity contribution in [2.45, 2.75) is 45.5 Å². The highest BCUT2D eigenvalue weighted by Crippen LogP contribution is 2.32. The SMILES string of the molecule is CC(C)c1ccc([S+](c2ccccc2)c2ccccc2)cc1.O=S(=O)([O-])c1cccc(C(F)(F)F)c1.